The average molecular weight is 320 g/mol. The highest BCUT2D eigenvalue weighted by Gasteiger charge is 2.11. The van der Waals surface area contributed by atoms with Gasteiger partial charge in [-0.05, 0) is 25.6 Å². The zero-order chi connectivity index (χ0) is 14.7. The third-order valence-corrected chi connectivity index (χ3v) is 4.26. The van der Waals surface area contributed by atoms with Crippen LogP contribution in [0, 0.1) is 6.92 Å². The molecule has 0 aliphatic rings. The minimum Gasteiger partial charge on any atom is -0.354 e. The SMILES string of the molecule is CCNc1nc(Sc2nc(C)cs2)nc(-n2cncn2)n1. The van der Waals surface area contributed by atoms with Crippen molar-refractivity contribution in [1.29, 1.82) is 0 Å². The van der Waals surface area contributed by atoms with Crippen LogP contribution in [0.1, 0.15) is 12.6 Å². The van der Waals surface area contributed by atoms with Crippen LogP contribution in [0.15, 0.2) is 27.5 Å². The summed E-state index contributed by atoms with van der Waals surface area (Å²) in [5.41, 5.74) is 0.986. The molecule has 108 valence electrons. The molecule has 1 N–H and O–H groups in total. The number of hydrogen-bond acceptors (Lipinski definition) is 9. The lowest BCUT2D eigenvalue weighted by Gasteiger charge is -2.06. The molecule has 0 spiro atoms. The van der Waals surface area contributed by atoms with Gasteiger partial charge in [0.05, 0.1) is 0 Å². The van der Waals surface area contributed by atoms with Gasteiger partial charge in [0, 0.05) is 17.6 Å². The minimum atomic E-state index is 0.425. The molecular formula is C11H12N8S2. The van der Waals surface area contributed by atoms with Gasteiger partial charge in [0.25, 0.3) is 5.95 Å². The Bertz CT molecular complexity index is 724. The first-order valence-corrected chi connectivity index (χ1v) is 7.89. The van der Waals surface area contributed by atoms with Crippen LogP contribution >= 0.6 is 23.1 Å². The number of rotatable bonds is 5. The van der Waals surface area contributed by atoms with E-state index >= 15 is 0 Å². The Morgan fingerprint density at radius 2 is 2.19 bits per heavy atom. The maximum Gasteiger partial charge on any atom is 0.257 e. The number of aromatic nitrogens is 7. The predicted molar refractivity (Wildman–Crippen MR) is 79.9 cm³/mol. The number of nitrogens with one attached hydrogen (secondary N) is 1. The van der Waals surface area contributed by atoms with Crippen molar-refractivity contribution in [2.75, 3.05) is 11.9 Å². The topological polar surface area (TPSA) is 94.3 Å². The van der Waals surface area contributed by atoms with E-state index in [4.69, 9.17) is 0 Å². The summed E-state index contributed by atoms with van der Waals surface area (Å²) in [5.74, 6) is 0.933. The first-order chi connectivity index (χ1) is 10.2. The second kappa shape index (κ2) is 6.14. The maximum atomic E-state index is 4.40. The van der Waals surface area contributed by atoms with Gasteiger partial charge in [-0.2, -0.15) is 24.7 Å². The lowest BCUT2D eigenvalue weighted by Crippen LogP contribution is -2.09. The normalized spacial score (nSPS) is 10.8. The smallest absolute Gasteiger partial charge is 0.257 e. The summed E-state index contributed by atoms with van der Waals surface area (Å²) >= 11 is 2.97. The highest BCUT2D eigenvalue weighted by Crippen LogP contribution is 2.28. The van der Waals surface area contributed by atoms with Crippen LogP contribution in [-0.4, -0.2) is 41.2 Å². The maximum absolute atomic E-state index is 4.40. The van der Waals surface area contributed by atoms with E-state index in [1.807, 2.05) is 19.2 Å². The molecule has 8 nitrogen and oxygen atoms in total. The number of nitrogens with zero attached hydrogens (tertiary/aromatic N) is 7. The lowest BCUT2D eigenvalue weighted by molar-refractivity contribution is 0.759. The van der Waals surface area contributed by atoms with Crippen LogP contribution in [-0.2, 0) is 0 Å². The van der Waals surface area contributed by atoms with E-state index in [9.17, 15) is 0 Å². The van der Waals surface area contributed by atoms with E-state index < -0.39 is 0 Å². The van der Waals surface area contributed by atoms with Gasteiger partial charge in [-0.1, -0.05) is 0 Å². The second-order valence-corrected chi connectivity index (χ2v) is 6.04. The molecule has 3 aromatic heterocycles. The monoisotopic (exact) mass is 320 g/mol. The zero-order valence-corrected chi connectivity index (χ0v) is 13.0. The molecule has 3 aromatic rings. The molecule has 0 saturated heterocycles. The third kappa shape index (κ3) is 3.34. The summed E-state index contributed by atoms with van der Waals surface area (Å²) in [6, 6.07) is 0. The summed E-state index contributed by atoms with van der Waals surface area (Å²) in [6.45, 7) is 4.66. The largest absolute Gasteiger partial charge is 0.354 e. The Kier molecular flexibility index (Phi) is 4.06. The van der Waals surface area contributed by atoms with Crippen molar-refractivity contribution in [3.05, 3.63) is 23.7 Å². The summed E-state index contributed by atoms with van der Waals surface area (Å²) < 4.78 is 2.39. The van der Waals surface area contributed by atoms with Gasteiger partial charge in [-0.25, -0.2) is 9.97 Å². The molecule has 0 amide bonds. The Balaban J connectivity index is 1.95. The van der Waals surface area contributed by atoms with Crippen molar-refractivity contribution < 1.29 is 0 Å². The number of hydrogen-bond donors (Lipinski definition) is 1. The van der Waals surface area contributed by atoms with E-state index in [1.165, 1.54) is 22.8 Å². The summed E-state index contributed by atoms with van der Waals surface area (Å²) in [7, 11) is 0. The Hall–Kier alpha value is -2.07. The van der Waals surface area contributed by atoms with Crippen LogP contribution in [0.2, 0.25) is 0 Å². The number of thiazole rings is 1. The lowest BCUT2D eigenvalue weighted by atomic mass is 10.6. The molecule has 21 heavy (non-hydrogen) atoms. The summed E-state index contributed by atoms with van der Waals surface area (Å²) in [4.78, 5) is 21.4. The Labute approximate surface area is 129 Å². The van der Waals surface area contributed by atoms with Crippen LogP contribution in [0.5, 0.6) is 0 Å². The van der Waals surface area contributed by atoms with Gasteiger partial charge >= 0.3 is 0 Å². The van der Waals surface area contributed by atoms with Gasteiger partial charge in [0.15, 0.2) is 4.34 Å². The molecule has 0 saturated carbocycles. The van der Waals surface area contributed by atoms with Gasteiger partial charge < -0.3 is 5.32 Å². The van der Waals surface area contributed by atoms with Crippen molar-refractivity contribution in [3.63, 3.8) is 0 Å². The second-order valence-electron chi connectivity index (χ2n) is 3.97. The quantitative estimate of drug-likeness (QED) is 0.760. The molecule has 0 aliphatic heterocycles. The fourth-order valence-corrected chi connectivity index (χ4v) is 3.19. The molecule has 10 heteroatoms. The highest BCUT2D eigenvalue weighted by atomic mass is 32.2. The molecule has 0 atom stereocenters. The molecule has 0 aromatic carbocycles. The van der Waals surface area contributed by atoms with Crippen LogP contribution in [0.3, 0.4) is 0 Å². The van der Waals surface area contributed by atoms with Crippen LogP contribution < -0.4 is 5.32 Å². The van der Waals surface area contributed by atoms with Crippen molar-refractivity contribution in [3.8, 4) is 5.95 Å². The fraction of sp³-hybridized carbons (Fsp3) is 0.273. The Morgan fingerprint density at radius 1 is 1.29 bits per heavy atom. The molecule has 0 fully saturated rings. The van der Waals surface area contributed by atoms with Crippen LogP contribution in [0.4, 0.5) is 5.95 Å². The van der Waals surface area contributed by atoms with Crippen molar-refractivity contribution >= 4 is 29.0 Å². The Morgan fingerprint density at radius 3 is 2.86 bits per heavy atom. The van der Waals surface area contributed by atoms with Gasteiger partial charge in [-0.3, -0.25) is 0 Å². The number of anilines is 1. The van der Waals surface area contributed by atoms with E-state index in [1.54, 1.807) is 17.7 Å². The van der Waals surface area contributed by atoms with Crippen LogP contribution in [0.25, 0.3) is 5.95 Å². The minimum absolute atomic E-state index is 0.425. The summed E-state index contributed by atoms with van der Waals surface area (Å²) in [5, 5.41) is 9.69. The molecule has 0 radical (unpaired) electrons. The fourth-order valence-electron chi connectivity index (χ4n) is 1.50. The first kappa shape index (κ1) is 13.9. The molecule has 0 unspecified atom stereocenters. The zero-order valence-electron chi connectivity index (χ0n) is 11.4. The van der Waals surface area contributed by atoms with E-state index in [0.29, 0.717) is 17.1 Å². The van der Waals surface area contributed by atoms with E-state index in [-0.39, 0.29) is 0 Å². The first-order valence-electron chi connectivity index (χ1n) is 6.19. The molecule has 0 bridgehead atoms. The molecule has 0 aliphatic carbocycles. The van der Waals surface area contributed by atoms with Gasteiger partial charge in [0.1, 0.15) is 12.7 Å². The van der Waals surface area contributed by atoms with Crippen molar-refractivity contribution in [1.82, 2.24) is 34.7 Å². The summed E-state index contributed by atoms with van der Waals surface area (Å²) in [6.07, 6.45) is 2.99. The van der Waals surface area contributed by atoms with Crippen molar-refractivity contribution in [2.24, 2.45) is 0 Å². The standard InChI is InChI=1S/C11H12N8S2/c1-3-13-8-16-9(19-6-12-5-14-19)18-10(17-8)21-11-15-7(2)4-20-11/h4-6H,3H2,1-2H3,(H,13,16,17,18). The van der Waals surface area contributed by atoms with E-state index in [2.05, 4.69) is 35.3 Å². The third-order valence-electron chi connectivity index (χ3n) is 2.34. The predicted octanol–water partition coefficient (Wildman–Crippen LogP) is 1.80. The average Bonchev–Trinajstić information content (AvgIpc) is 3.11. The van der Waals surface area contributed by atoms with Gasteiger partial charge in [-0.15, -0.1) is 11.3 Å². The van der Waals surface area contributed by atoms with Gasteiger partial charge in [0.2, 0.25) is 11.1 Å². The molecular weight excluding hydrogens is 308 g/mol. The molecule has 3 rings (SSSR count). The number of aryl methyl sites for hydroxylation is 1. The highest BCUT2D eigenvalue weighted by molar-refractivity contribution is 8.00. The van der Waals surface area contributed by atoms with Crippen molar-refractivity contribution in [2.45, 2.75) is 23.3 Å². The molecule has 3 heterocycles. The van der Waals surface area contributed by atoms with E-state index in [0.717, 1.165) is 16.6 Å².